The molecule has 43 heavy (non-hydrogen) atoms. The number of hydrogen-bond donors (Lipinski definition) is 0. The van der Waals surface area contributed by atoms with Gasteiger partial charge in [-0.05, 0) is 55.7 Å². The maximum Gasteiger partial charge on any atom is 0.435 e. The molecule has 0 saturated carbocycles. The van der Waals surface area contributed by atoms with Crippen LogP contribution in [-0.2, 0) is 42.3 Å². The minimum atomic E-state index is -6.32. The van der Waals surface area contributed by atoms with E-state index in [1.165, 1.54) is 17.1 Å². The van der Waals surface area contributed by atoms with Crippen LogP contribution in [0.2, 0.25) is 0 Å². The smallest absolute Gasteiger partial charge is 0.337 e. The molecule has 1 aromatic rings. The Morgan fingerprint density at radius 2 is 1.72 bits per heavy atom. The fourth-order valence-corrected chi connectivity index (χ4v) is 10.4. The molecule has 0 N–H and O–H groups in total. The standard InChI is InChI=1S/C29H32F7NO4S2/c1-3-5-6-19(4-2)18-43(40,41)26-13-14-37(25(38)20-11-15-42(39)16-12-20)24(26)10-7-21-17-22(8-9-23(21)26)27(30,28(31,32)33)29(34,35)36/h3-6,8-9,17,20,24H,2,7,10-16,18H2,1H3/b5-3-,19-6+. The van der Waals surface area contributed by atoms with Gasteiger partial charge in [-0.3, -0.25) is 9.00 Å². The first kappa shape index (κ1) is 33.4. The average Bonchev–Trinajstić information content (AvgIpc) is 3.35. The second-order valence-corrected chi connectivity index (χ2v) is 15.0. The summed E-state index contributed by atoms with van der Waals surface area (Å²) in [6.45, 7) is 5.36. The maximum absolute atomic E-state index is 15.0. The molecule has 14 heteroatoms. The molecule has 1 aliphatic carbocycles. The molecular weight excluding hydrogens is 623 g/mol. The number of carbonyl (C=O) groups excluding carboxylic acids is 1. The molecular formula is C29H32F7NO4S2. The van der Waals surface area contributed by atoms with Gasteiger partial charge >= 0.3 is 18.0 Å². The van der Waals surface area contributed by atoms with Gasteiger partial charge in [0.1, 0.15) is 4.75 Å². The normalized spacial score (nSPS) is 27.2. The molecule has 0 aromatic heterocycles. The Bertz CT molecular complexity index is 1440. The van der Waals surface area contributed by atoms with Crippen LogP contribution in [0.15, 0.2) is 54.7 Å². The fraction of sp³-hybridized carbons (Fsp3) is 0.552. The zero-order chi connectivity index (χ0) is 32.0. The number of halogens is 7. The number of hydrogen-bond acceptors (Lipinski definition) is 4. The van der Waals surface area contributed by atoms with Crippen molar-refractivity contribution < 1.29 is 48.2 Å². The lowest BCUT2D eigenvalue weighted by molar-refractivity contribution is -0.348. The number of aryl methyl sites for hydroxylation is 1. The van der Waals surface area contributed by atoms with Crippen LogP contribution in [0.5, 0.6) is 0 Å². The molecule has 2 aliphatic heterocycles. The van der Waals surface area contributed by atoms with Crippen molar-refractivity contribution in [1.29, 1.82) is 0 Å². The minimum Gasteiger partial charge on any atom is -0.337 e. The molecule has 2 saturated heterocycles. The number of allylic oxidation sites excluding steroid dienone is 4. The van der Waals surface area contributed by atoms with Crippen molar-refractivity contribution in [3.05, 3.63) is 71.3 Å². The highest BCUT2D eigenvalue weighted by molar-refractivity contribution is 7.92. The summed E-state index contributed by atoms with van der Waals surface area (Å²) in [6, 6.07) is 0.712. The van der Waals surface area contributed by atoms with Gasteiger partial charge in [0, 0.05) is 40.3 Å². The number of sulfone groups is 1. The lowest BCUT2D eigenvalue weighted by Crippen LogP contribution is -2.54. The zero-order valence-electron chi connectivity index (χ0n) is 23.3. The van der Waals surface area contributed by atoms with Gasteiger partial charge in [0.25, 0.3) is 0 Å². The highest BCUT2D eigenvalue weighted by Gasteiger charge is 2.73. The van der Waals surface area contributed by atoms with Gasteiger partial charge in [-0.15, -0.1) is 0 Å². The van der Waals surface area contributed by atoms with Gasteiger partial charge in [0.05, 0.1) is 11.8 Å². The van der Waals surface area contributed by atoms with E-state index >= 15 is 0 Å². The SMILES string of the molecule is C=C/C(=C\C=C/C)CS(=O)(=O)C12CCN(C(=O)C3CCS(=O)CC3)C1CCc1cc(C(F)(C(F)(F)F)C(F)(F)F)ccc12. The fourth-order valence-electron chi connectivity index (χ4n) is 6.58. The molecule has 2 atom stereocenters. The van der Waals surface area contributed by atoms with E-state index in [4.69, 9.17) is 0 Å². The number of fused-ring (bicyclic) bond motifs is 3. The van der Waals surface area contributed by atoms with E-state index in [0.29, 0.717) is 42.1 Å². The van der Waals surface area contributed by atoms with E-state index in [9.17, 15) is 48.2 Å². The lowest BCUT2D eigenvalue weighted by Gasteiger charge is -2.44. The highest BCUT2D eigenvalue weighted by Crippen LogP contribution is 2.56. The molecule has 238 valence electrons. The van der Waals surface area contributed by atoms with Crippen molar-refractivity contribution in [1.82, 2.24) is 4.90 Å². The van der Waals surface area contributed by atoms with Crippen LogP contribution in [0.1, 0.15) is 49.3 Å². The summed E-state index contributed by atoms with van der Waals surface area (Å²) in [5.41, 5.74) is -7.23. The summed E-state index contributed by atoms with van der Waals surface area (Å²) in [6.07, 6.45) is -6.21. The van der Waals surface area contributed by atoms with Gasteiger partial charge in [0.15, 0.2) is 9.84 Å². The number of amides is 1. The van der Waals surface area contributed by atoms with E-state index in [1.54, 1.807) is 19.1 Å². The number of nitrogens with zero attached hydrogens (tertiary/aromatic N) is 1. The van der Waals surface area contributed by atoms with Crippen LogP contribution in [0, 0.1) is 5.92 Å². The summed E-state index contributed by atoms with van der Waals surface area (Å²) >= 11 is 0. The van der Waals surface area contributed by atoms with Crippen LogP contribution in [0.25, 0.3) is 0 Å². The molecule has 2 fully saturated rings. The number of carbonyl (C=O) groups is 1. The summed E-state index contributed by atoms with van der Waals surface area (Å²) in [4.78, 5) is 15.1. The van der Waals surface area contributed by atoms with Crippen LogP contribution < -0.4 is 0 Å². The molecule has 5 nitrogen and oxygen atoms in total. The van der Waals surface area contributed by atoms with Crippen molar-refractivity contribution >= 4 is 26.5 Å². The van der Waals surface area contributed by atoms with E-state index in [1.807, 2.05) is 0 Å². The summed E-state index contributed by atoms with van der Waals surface area (Å²) in [5, 5.41) is 0. The Kier molecular flexibility index (Phi) is 9.16. The van der Waals surface area contributed by atoms with Crippen LogP contribution in [-0.4, -0.2) is 65.6 Å². The molecule has 1 aromatic carbocycles. The van der Waals surface area contributed by atoms with Crippen molar-refractivity contribution in [2.45, 2.75) is 67.8 Å². The van der Waals surface area contributed by atoms with E-state index < -0.39 is 66.7 Å². The second kappa shape index (κ2) is 11.8. The van der Waals surface area contributed by atoms with E-state index in [2.05, 4.69) is 6.58 Å². The highest BCUT2D eigenvalue weighted by atomic mass is 32.2. The Hall–Kier alpha value is -2.48. The topological polar surface area (TPSA) is 71.5 Å². The Morgan fingerprint density at radius 1 is 1.09 bits per heavy atom. The molecule has 2 heterocycles. The third kappa shape index (κ3) is 5.62. The number of benzene rings is 1. The number of likely N-dealkylation sites (tertiary alicyclic amines) is 1. The maximum atomic E-state index is 15.0. The van der Waals surface area contributed by atoms with Crippen molar-refractivity contribution in [2.24, 2.45) is 5.92 Å². The quantitative estimate of drug-likeness (QED) is 0.268. The number of alkyl halides is 7. The first-order valence-electron chi connectivity index (χ1n) is 13.7. The molecule has 4 rings (SSSR count). The van der Waals surface area contributed by atoms with Crippen LogP contribution >= 0.6 is 0 Å². The van der Waals surface area contributed by atoms with Crippen molar-refractivity contribution in [3.8, 4) is 0 Å². The largest absolute Gasteiger partial charge is 0.435 e. The zero-order valence-corrected chi connectivity index (χ0v) is 24.9. The molecule has 0 spiro atoms. The minimum absolute atomic E-state index is 0.0103. The predicted octanol–water partition coefficient (Wildman–Crippen LogP) is 5.98. The Morgan fingerprint density at radius 3 is 2.28 bits per heavy atom. The van der Waals surface area contributed by atoms with Crippen molar-refractivity contribution in [3.63, 3.8) is 0 Å². The third-order valence-electron chi connectivity index (χ3n) is 8.76. The Balaban J connectivity index is 1.87. The molecule has 1 amide bonds. The first-order valence-corrected chi connectivity index (χ1v) is 16.9. The van der Waals surface area contributed by atoms with Gasteiger partial charge < -0.3 is 4.90 Å². The van der Waals surface area contributed by atoms with Gasteiger partial charge in [-0.25, -0.2) is 12.8 Å². The summed E-state index contributed by atoms with van der Waals surface area (Å²) in [5.74, 6) is -0.702. The monoisotopic (exact) mass is 655 g/mol. The van der Waals surface area contributed by atoms with Gasteiger partial charge in [-0.2, -0.15) is 26.3 Å². The predicted molar refractivity (Wildman–Crippen MR) is 149 cm³/mol. The summed E-state index contributed by atoms with van der Waals surface area (Å²) in [7, 11) is -5.35. The third-order valence-corrected chi connectivity index (χ3v) is 12.7. The average molecular weight is 656 g/mol. The van der Waals surface area contributed by atoms with Crippen molar-refractivity contribution in [2.75, 3.05) is 23.8 Å². The number of rotatable bonds is 7. The molecule has 2 unspecified atom stereocenters. The Labute approximate surface area is 248 Å². The van der Waals surface area contributed by atoms with Gasteiger partial charge in [0.2, 0.25) is 5.91 Å². The van der Waals surface area contributed by atoms with Gasteiger partial charge in [-0.1, -0.05) is 49.1 Å². The summed E-state index contributed by atoms with van der Waals surface area (Å²) < 4.78 is 135. The van der Waals surface area contributed by atoms with E-state index in [0.717, 1.165) is 6.07 Å². The first-order chi connectivity index (χ1) is 19.9. The molecule has 3 aliphatic rings. The molecule has 0 bridgehead atoms. The van der Waals surface area contributed by atoms with E-state index in [-0.39, 0.29) is 42.8 Å². The van der Waals surface area contributed by atoms with Crippen LogP contribution in [0.3, 0.4) is 0 Å². The second-order valence-electron chi connectivity index (χ2n) is 11.1. The lowest BCUT2D eigenvalue weighted by atomic mass is 9.76. The molecule has 0 radical (unpaired) electrons. The van der Waals surface area contributed by atoms with Crippen LogP contribution in [0.4, 0.5) is 30.7 Å².